The molecule has 3 heterocycles. The van der Waals surface area contributed by atoms with E-state index in [1.165, 1.54) is 5.56 Å². The molecule has 9 nitrogen and oxygen atoms in total. The zero-order valence-electron chi connectivity index (χ0n) is 21.3. The van der Waals surface area contributed by atoms with Gasteiger partial charge in [0.25, 0.3) is 0 Å². The fraction of sp³-hybridized carbons (Fsp3) is 0.296. The quantitative estimate of drug-likeness (QED) is 0.376. The molecular formula is C27H27F3N4O5. The van der Waals surface area contributed by atoms with Crippen molar-refractivity contribution in [1.82, 2.24) is 19.7 Å². The molecule has 1 aliphatic rings. The molecular weight excluding hydrogens is 517 g/mol. The first-order valence-electron chi connectivity index (χ1n) is 11.9. The van der Waals surface area contributed by atoms with Gasteiger partial charge in [-0.1, -0.05) is 35.5 Å². The highest BCUT2D eigenvalue weighted by molar-refractivity contribution is 5.73. The number of nitrogens with zero attached hydrogens (tertiary/aromatic N) is 4. The Kier molecular flexibility index (Phi) is 8.67. The van der Waals surface area contributed by atoms with Gasteiger partial charge in [-0.3, -0.25) is 4.90 Å². The van der Waals surface area contributed by atoms with Crippen molar-refractivity contribution in [1.29, 1.82) is 0 Å². The van der Waals surface area contributed by atoms with Crippen molar-refractivity contribution < 1.29 is 37.3 Å². The van der Waals surface area contributed by atoms with Crippen LogP contribution in [-0.4, -0.2) is 70.9 Å². The minimum Gasteiger partial charge on any atom is -0.497 e. The summed E-state index contributed by atoms with van der Waals surface area (Å²) in [6.07, 6.45) is -3.18. The minimum absolute atomic E-state index is 0.105. The highest BCUT2D eigenvalue weighted by Gasteiger charge is 2.38. The molecule has 206 valence electrons. The molecule has 0 saturated carbocycles. The van der Waals surface area contributed by atoms with E-state index in [4.69, 9.17) is 24.1 Å². The van der Waals surface area contributed by atoms with E-state index in [-0.39, 0.29) is 6.10 Å². The van der Waals surface area contributed by atoms with E-state index < -0.39 is 12.1 Å². The highest BCUT2D eigenvalue weighted by atomic mass is 19.4. The van der Waals surface area contributed by atoms with Crippen LogP contribution in [0.5, 0.6) is 11.5 Å². The Morgan fingerprint density at radius 3 is 2.18 bits per heavy atom. The lowest BCUT2D eigenvalue weighted by molar-refractivity contribution is -0.192. The highest BCUT2D eigenvalue weighted by Crippen LogP contribution is 2.28. The van der Waals surface area contributed by atoms with Gasteiger partial charge in [-0.15, -0.1) is 5.10 Å². The second-order valence-corrected chi connectivity index (χ2v) is 8.70. The predicted octanol–water partition coefficient (Wildman–Crippen LogP) is 4.62. The number of halogens is 3. The molecule has 0 aliphatic carbocycles. The first-order chi connectivity index (χ1) is 18.7. The van der Waals surface area contributed by atoms with Gasteiger partial charge in [0.2, 0.25) is 0 Å². The van der Waals surface area contributed by atoms with Crippen LogP contribution in [0.4, 0.5) is 13.2 Å². The van der Waals surface area contributed by atoms with E-state index in [1.54, 1.807) is 14.2 Å². The molecule has 4 aromatic rings. The number of pyridine rings is 1. The van der Waals surface area contributed by atoms with Crippen LogP contribution >= 0.6 is 0 Å². The number of aliphatic carboxylic acids is 1. The number of fused-ring (bicyclic) bond motifs is 1. The van der Waals surface area contributed by atoms with Crippen molar-refractivity contribution in [3.8, 4) is 22.6 Å². The number of alkyl halides is 3. The normalized spacial score (nSPS) is 15.9. The largest absolute Gasteiger partial charge is 0.497 e. The predicted molar refractivity (Wildman–Crippen MR) is 136 cm³/mol. The molecule has 0 radical (unpaired) electrons. The third-order valence-electron chi connectivity index (χ3n) is 6.13. The molecule has 0 bridgehead atoms. The van der Waals surface area contributed by atoms with Crippen LogP contribution < -0.4 is 9.47 Å². The van der Waals surface area contributed by atoms with Crippen LogP contribution in [0, 0.1) is 0 Å². The van der Waals surface area contributed by atoms with Gasteiger partial charge in [-0.2, -0.15) is 13.2 Å². The first kappa shape index (κ1) is 27.9. The number of ether oxygens (including phenoxy) is 3. The zero-order chi connectivity index (χ0) is 28.0. The first-order valence-corrected chi connectivity index (χ1v) is 11.9. The summed E-state index contributed by atoms with van der Waals surface area (Å²) >= 11 is 0. The number of benzene rings is 2. The summed E-state index contributed by atoms with van der Waals surface area (Å²) in [5.41, 5.74) is 5.28. The average molecular weight is 545 g/mol. The Hall–Kier alpha value is -4.16. The Bertz CT molecular complexity index is 1390. The fourth-order valence-electron chi connectivity index (χ4n) is 4.10. The third-order valence-corrected chi connectivity index (χ3v) is 6.13. The molecule has 0 spiro atoms. The number of methoxy groups -OCH3 is 2. The number of hydrogen-bond donors (Lipinski definition) is 1. The molecule has 0 amide bonds. The van der Waals surface area contributed by atoms with Gasteiger partial charge in [0.15, 0.2) is 0 Å². The molecule has 2 aromatic carbocycles. The number of carboxylic acids is 1. The summed E-state index contributed by atoms with van der Waals surface area (Å²) in [6, 6.07) is 20.4. The number of hydrogen-bond acceptors (Lipinski definition) is 7. The van der Waals surface area contributed by atoms with Gasteiger partial charge in [0.1, 0.15) is 23.3 Å². The molecule has 39 heavy (non-hydrogen) atoms. The van der Waals surface area contributed by atoms with Gasteiger partial charge < -0.3 is 19.3 Å². The van der Waals surface area contributed by atoms with E-state index in [0.29, 0.717) is 6.61 Å². The Morgan fingerprint density at radius 2 is 1.59 bits per heavy atom. The zero-order valence-corrected chi connectivity index (χ0v) is 21.3. The molecule has 1 saturated heterocycles. The van der Waals surface area contributed by atoms with E-state index in [1.807, 2.05) is 47.1 Å². The topological polar surface area (TPSA) is 98.4 Å². The van der Waals surface area contributed by atoms with Crippen LogP contribution in [0.1, 0.15) is 17.4 Å². The lowest BCUT2D eigenvalue weighted by Gasteiger charge is -2.32. The lowest BCUT2D eigenvalue weighted by Crippen LogP contribution is -2.38. The fourth-order valence-corrected chi connectivity index (χ4v) is 4.10. The second kappa shape index (κ2) is 12.1. The number of aromatic nitrogens is 3. The summed E-state index contributed by atoms with van der Waals surface area (Å²) in [7, 11) is 3.36. The van der Waals surface area contributed by atoms with E-state index in [9.17, 15) is 13.2 Å². The van der Waals surface area contributed by atoms with Crippen LogP contribution in [0.2, 0.25) is 0 Å². The lowest BCUT2D eigenvalue weighted by atomic mass is 10.1. The van der Waals surface area contributed by atoms with Gasteiger partial charge in [0, 0.05) is 31.4 Å². The van der Waals surface area contributed by atoms with Gasteiger partial charge in [-0.05, 0) is 41.5 Å². The molecule has 12 heteroatoms. The van der Waals surface area contributed by atoms with Crippen molar-refractivity contribution in [2.24, 2.45) is 0 Å². The minimum atomic E-state index is -5.08. The Balaban J connectivity index is 0.000000448. The maximum absolute atomic E-state index is 10.6. The standard InChI is InChI=1S/C25H26N4O3.C2HF3O2/c1-30-21-8-3-18(4-9-21)15-28-13-14-32-24(17-28)25-23-12-7-20(16-29(23)27-26-25)19-5-10-22(31-2)11-6-19;3-2(4,5)1(6)7/h3-12,16,24H,13-15,17H2,1-2H3;(H,6,7). The number of carbonyl (C=O) groups is 1. The van der Waals surface area contributed by atoms with Crippen LogP contribution in [0.15, 0.2) is 66.9 Å². The number of carboxylic acid groups (broad SMARTS) is 1. The van der Waals surface area contributed by atoms with Crippen molar-refractivity contribution in [3.05, 3.63) is 78.1 Å². The smallest absolute Gasteiger partial charge is 0.490 e. The van der Waals surface area contributed by atoms with Crippen LogP contribution in [0.3, 0.4) is 0 Å². The summed E-state index contributed by atoms with van der Waals surface area (Å²) < 4.78 is 50.2. The van der Waals surface area contributed by atoms with Crippen molar-refractivity contribution in [3.63, 3.8) is 0 Å². The Labute approximate surface area is 222 Å². The number of rotatable bonds is 6. The van der Waals surface area contributed by atoms with Gasteiger partial charge in [0.05, 0.1) is 26.3 Å². The van der Waals surface area contributed by atoms with Gasteiger partial charge >= 0.3 is 12.1 Å². The monoisotopic (exact) mass is 544 g/mol. The molecule has 1 atom stereocenters. The molecule has 5 rings (SSSR count). The Morgan fingerprint density at radius 1 is 1.00 bits per heavy atom. The van der Waals surface area contributed by atoms with E-state index in [2.05, 4.69) is 39.5 Å². The molecule has 2 aromatic heterocycles. The third kappa shape index (κ3) is 7.03. The van der Waals surface area contributed by atoms with Crippen LogP contribution in [-0.2, 0) is 16.1 Å². The molecule has 1 aliphatic heterocycles. The molecule has 1 unspecified atom stereocenters. The summed E-state index contributed by atoms with van der Waals surface area (Å²) in [5.74, 6) is -1.04. The number of morpholine rings is 1. The summed E-state index contributed by atoms with van der Waals surface area (Å²) in [4.78, 5) is 11.3. The maximum atomic E-state index is 10.6. The summed E-state index contributed by atoms with van der Waals surface area (Å²) in [5, 5.41) is 16.0. The van der Waals surface area contributed by atoms with Crippen LogP contribution in [0.25, 0.3) is 16.6 Å². The molecule has 1 fully saturated rings. The van der Waals surface area contributed by atoms with Gasteiger partial charge in [-0.25, -0.2) is 9.31 Å². The SMILES string of the molecule is COc1ccc(CN2CCOC(c3nnn4cc(-c5ccc(OC)cc5)ccc34)C2)cc1.O=C(O)C(F)(F)F. The second-order valence-electron chi connectivity index (χ2n) is 8.70. The van der Waals surface area contributed by atoms with Crippen molar-refractivity contribution >= 4 is 11.5 Å². The van der Waals surface area contributed by atoms with E-state index in [0.717, 1.165) is 53.5 Å². The summed E-state index contributed by atoms with van der Waals surface area (Å²) in [6.45, 7) is 3.21. The average Bonchev–Trinajstić information content (AvgIpc) is 3.37. The van der Waals surface area contributed by atoms with Crippen molar-refractivity contribution in [2.45, 2.75) is 18.8 Å². The van der Waals surface area contributed by atoms with Crippen molar-refractivity contribution in [2.75, 3.05) is 33.9 Å². The molecule has 1 N–H and O–H groups in total. The van der Waals surface area contributed by atoms with E-state index >= 15 is 0 Å². The maximum Gasteiger partial charge on any atom is 0.490 e.